The van der Waals surface area contributed by atoms with Gasteiger partial charge in [0.05, 0.1) is 0 Å². The van der Waals surface area contributed by atoms with Crippen LogP contribution in [0.4, 0.5) is 13.2 Å². The van der Waals surface area contributed by atoms with E-state index in [1.807, 2.05) is 37.3 Å². The zero-order valence-corrected chi connectivity index (χ0v) is 13.2. The van der Waals surface area contributed by atoms with Gasteiger partial charge < -0.3 is 4.74 Å². The van der Waals surface area contributed by atoms with Crippen molar-refractivity contribution in [2.75, 3.05) is 0 Å². The molecule has 0 saturated carbocycles. The van der Waals surface area contributed by atoms with Crippen LogP contribution < -0.4 is 10.3 Å². The van der Waals surface area contributed by atoms with E-state index in [1.54, 1.807) is 6.20 Å². The minimum atomic E-state index is -4.75. The van der Waals surface area contributed by atoms with Gasteiger partial charge in [-0.3, -0.25) is 9.36 Å². The van der Waals surface area contributed by atoms with E-state index < -0.39 is 6.36 Å². The standard InChI is InChI=1S/C19H14F3NO2/c1-13-11-18(24)23(12-17(13)14-5-3-2-4-6-14)15-7-9-16(10-8-15)25-19(20,21)22/h2-12H,1H3. The Morgan fingerprint density at radius 3 is 2.20 bits per heavy atom. The Morgan fingerprint density at radius 1 is 0.960 bits per heavy atom. The Labute approximate surface area is 141 Å². The smallest absolute Gasteiger partial charge is 0.406 e. The molecule has 3 aromatic rings. The Kier molecular flexibility index (Phi) is 4.35. The first-order chi connectivity index (χ1) is 11.8. The van der Waals surface area contributed by atoms with Crippen molar-refractivity contribution in [1.82, 2.24) is 4.57 Å². The van der Waals surface area contributed by atoms with Gasteiger partial charge in [0, 0.05) is 23.5 Å². The molecular formula is C19H14F3NO2. The molecule has 0 aliphatic heterocycles. The monoisotopic (exact) mass is 345 g/mol. The fraction of sp³-hybridized carbons (Fsp3) is 0.105. The molecule has 0 radical (unpaired) electrons. The zero-order valence-electron chi connectivity index (χ0n) is 13.2. The number of hydrogen-bond acceptors (Lipinski definition) is 2. The summed E-state index contributed by atoms with van der Waals surface area (Å²) in [6.07, 6.45) is -3.06. The summed E-state index contributed by atoms with van der Waals surface area (Å²) in [6, 6.07) is 16.2. The Hall–Kier alpha value is -3.02. The summed E-state index contributed by atoms with van der Waals surface area (Å²) in [5, 5.41) is 0. The van der Waals surface area contributed by atoms with Gasteiger partial charge in [0.15, 0.2) is 0 Å². The van der Waals surface area contributed by atoms with Crippen LogP contribution in [0.1, 0.15) is 5.56 Å². The number of rotatable bonds is 3. The highest BCUT2D eigenvalue weighted by molar-refractivity contribution is 5.66. The van der Waals surface area contributed by atoms with Crippen LogP contribution in [-0.4, -0.2) is 10.9 Å². The molecule has 0 N–H and O–H groups in total. The van der Waals surface area contributed by atoms with E-state index in [-0.39, 0.29) is 11.3 Å². The topological polar surface area (TPSA) is 31.2 Å². The van der Waals surface area contributed by atoms with Crippen LogP contribution in [0.25, 0.3) is 16.8 Å². The highest BCUT2D eigenvalue weighted by Crippen LogP contribution is 2.25. The van der Waals surface area contributed by atoms with E-state index in [9.17, 15) is 18.0 Å². The first-order valence-electron chi connectivity index (χ1n) is 7.48. The van der Waals surface area contributed by atoms with Crippen molar-refractivity contribution in [2.45, 2.75) is 13.3 Å². The molecule has 0 fully saturated rings. The maximum Gasteiger partial charge on any atom is 0.573 e. The normalized spacial score (nSPS) is 11.4. The number of pyridine rings is 1. The van der Waals surface area contributed by atoms with Crippen LogP contribution in [-0.2, 0) is 0 Å². The van der Waals surface area contributed by atoms with Crippen LogP contribution in [0.3, 0.4) is 0 Å². The van der Waals surface area contributed by atoms with E-state index in [4.69, 9.17) is 0 Å². The molecule has 1 heterocycles. The lowest BCUT2D eigenvalue weighted by Gasteiger charge is -2.13. The number of halogens is 3. The molecule has 1 aromatic heterocycles. The molecule has 2 aromatic carbocycles. The molecule has 0 unspecified atom stereocenters. The average molecular weight is 345 g/mol. The van der Waals surface area contributed by atoms with Gasteiger partial charge in [-0.15, -0.1) is 13.2 Å². The van der Waals surface area contributed by atoms with Gasteiger partial charge in [-0.1, -0.05) is 30.3 Å². The molecule has 3 rings (SSSR count). The molecule has 6 heteroatoms. The Balaban J connectivity index is 2.01. The fourth-order valence-corrected chi connectivity index (χ4v) is 2.56. The van der Waals surface area contributed by atoms with Crippen molar-refractivity contribution < 1.29 is 17.9 Å². The van der Waals surface area contributed by atoms with Crippen LogP contribution in [0.2, 0.25) is 0 Å². The lowest BCUT2D eigenvalue weighted by Crippen LogP contribution is -2.18. The lowest BCUT2D eigenvalue weighted by atomic mass is 10.0. The number of aromatic nitrogens is 1. The number of ether oxygens (including phenoxy) is 1. The van der Waals surface area contributed by atoms with Crippen LogP contribution >= 0.6 is 0 Å². The predicted molar refractivity (Wildman–Crippen MR) is 88.9 cm³/mol. The fourth-order valence-electron chi connectivity index (χ4n) is 2.56. The molecule has 25 heavy (non-hydrogen) atoms. The number of alkyl halides is 3. The molecule has 0 aliphatic carbocycles. The van der Waals surface area contributed by atoms with Gasteiger partial charge in [0.1, 0.15) is 5.75 Å². The van der Waals surface area contributed by atoms with Crippen LogP contribution in [0, 0.1) is 6.92 Å². The summed E-state index contributed by atoms with van der Waals surface area (Å²) >= 11 is 0. The summed E-state index contributed by atoms with van der Waals surface area (Å²) in [6.45, 7) is 1.84. The maximum atomic E-state index is 12.3. The van der Waals surface area contributed by atoms with E-state index in [0.717, 1.165) is 16.7 Å². The molecule has 0 atom stereocenters. The van der Waals surface area contributed by atoms with Crippen molar-refractivity contribution in [2.24, 2.45) is 0 Å². The first kappa shape index (κ1) is 16.8. The summed E-state index contributed by atoms with van der Waals surface area (Å²) < 4.78 is 42.0. The van der Waals surface area contributed by atoms with E-state index >= 15 is 0 Å². The minimum absolute atomic E-state index is 0.262. The predicted octanol–water partition coefficient (Wildman–Crippen LogP) is 4.71. The second kappa shape index (κ2) is 6.47. The van der Waals surface area contributed by atoms with Gasteiger partial charge in [-0.2, -0.15) is 0 Å². The third-order valence-corrected chi connectivity index (χ3v) is 3.69. The second-order valence-electron chi connectivity index (χ2n) is 5.49. The molecule has 128 valence electrons. The molecule has 0 saturated heterocycles. The quantitative estimate of drug-likeness (QED) is 0.688. The molecule has 0 bridgehead atoms. The van der Waals surface area contributed by atoms with Gasteiger partial charge in [-0.05, 0) is 42.3 Å². The van der Waals surface area contributed by atoms with Gasteiger partial charge in [-0.25, -0.2) is 0 Å². The van der Waals surface area contributed by atoms with Gasteiger partial charge in [0.25, 0.3) is 5.56 Å². The SMILES string of the molecule is Cc1cc(=O)n(-c2ccc(OC(F)(F)F)cc2)cc1-c1ccccc1. The highest BCUT2D eigenvalue weighted by atomic mass is 19.4. The van der Waals surface area contributed by atoms with E-state index in [1.165, 1.54) is 34.9 Å². The summed E-state index contributed by atoms with van der Waals surface area (Å²) in [7, 11) is 0. The number of nitrogens with zero attached hydrogens (tertiary/aromatic N) is 1. The molecule has 0 aliphatic rings. The van der Waals surface area contributed by atoms with E-state index in [0.29, 0.717) is 5.69 Å². The Bertz CT molecular complexity index is 930. The lowest BCUT2D eigenvalue weighted by molar-refractivity contribution is -0.274. The maximum absolute atomic E-state index is 12.3. The molecule has 3 nitrogen and oxygen atoms in total. The van der Waals surface area contributed by atoms with Gasteiger partial charge in [0.2, 0.25) is 0 Å². The zero-order chi connectivity index (χ0) is 18.0. The van der Waals surface area contributed by atoms with Crippen molar-refractivity contribution in [3.05, 3.63) is 82.8 Å². The third kappa shape index (κ3) is 3.91. The summed E-state index contributed by atoms with van der Waals surface area (Å²) in [4.78, 5) is 12.3. The minimum Gasteiger partial charge on any atom is -0.406 e. The molecule has 0 spiro atoms. The van der Waals surface area contributed by atoms with Crippen molar-refractivity contribution in [1.29, 1.82) is 0 Å². The summed E-state index contributed by atoms with van der Waals surface area (Å²) in [5.41, 5.74) is 2.84. The average Bonchev–Trinajstić information content (AvgIpc) is 2.55. The highest BCUT2D eigenvalue weighted by Gasteiger charge is 2.30. The largest absolute Gasteiger partial charge is 0.573 e. The second-order valence-corrected chi connectivity index (χ2v) is 5.49. The van der Waals surface area contributed by atoms with Crippen LogP contribution in [0.5, 0.6) is 5.75 Å². The first-order valence-corrected chi connectivity index (χ1v) is 7.48. The van der Waals surface area contributed by atoms with Gasteiger partial charge >= 0.3 is 6.36 Å². The van der Waals surface area contributed by atoms with Crippen molar-refractivity contribution in [3.63, 3.8) is 0 Å². The van der Waals surface area contributed by atoms with E-state index in [2.05, 4.69) is 4.74 Å². The number of aryl methyl sites for hydroxylation is 1. The van der Waals surface area contributed by atoms with Crippen LogP contribution in [0.15, 0.2) is 71.7 Å². The number of hydrogen-bond donors (Lipinski definition) is 0. The van der Waals surface area contributed by atoms with Crippen molar-refractivity contribution in [3.8, 4) is 22.6 Å². The summed E-state index contributed by atoms with van der Waals surface area (Å²) in [5.74, 6) is -0.334. The van der Waals surface area contributed by atoms with Crippen molar-refractivity contribution >= 4 is 0 Å². The third-order valence-electron chi connectivity index (χ3n) is 3.69. The molecular weight excluding hydrogens is 331 g/mol. The number of benzene rings is 2. The molecule has 0 amide bonds. The Morgan fingerprint density at radius 2 is 1.60 bits per heavy atom.